The average Bonchev–Trinajstić information content (AvgIpc) is 2.68. The van der Waals surface area contributed by atoms with Crippen LogP contribution in [0.3, 0.4) is 0 Å². The summed E-state index contributed by atoms with van der Waals surface area (Å²) < 4.78 is 19.7. The van der Waals surface area contributed by atoms with Crippen LogP contribution in [0.2, 0.25) is 0 Å². The molecule has 0 aliphatic carbocycles. The third-order valence-corrected chi connectivity index (χ3v) is 4.31. The van der Waals surface area contributed by atoms with E-state index in [1.165, 1.54) is 6.07 Å². The molecule has 0 radical (unpaired) electrons. The lowest BCUT2D eigenvalue weighted by Gasteiger charge is -2.14. The van der Waals surface area contributed by atoms with Crippen molar-refractivity contribution < 1.29 is 13.9 Å². The molecule has 3 rings (SSSR count). The maximum Gasteiger partial charge on any atom is 0.231 e. The summed E-state index contributed by atoms with van der Waals surface area (Å²) in [6.07, 6.45) is 0. The minimum absolute atomic E-state index is 0.204. The molecule has 0 bridgehead atoms. The smallest absolute Gasteiger partial charge is 0.231 e. The van der Waals surface area contributed by atoms with Crippen LogP contribution in [-0.2, 0) is 4.79 Å². The zero-order chi connectivity index (χ0) is 18.5. The molecule has 0 aliphatic rings. The molecule has 0 unspecified atom stereocenters. The number of carbonyl (C=O) groups excluding carboxylic acids is 1. The molecular formula is C22H20FNO2. The molecule has 3 aromatic carbocycles. The topological polar surface area (TPSA) is 38.3 Å². The van der Waals surface area contributed by atoms with E-state index in [1.54, 1.807) is 50.4 Å². The molecular weight excluding hydrogens is 329 g/mol. The Bertz CT molecular complexity index is 909. The van der Waals surface area contributed by atoms with E-state index in [4.69, 9.17) is 4.74 Å². The number of halogens is 1. The lowest BCUT2D eigenvalue weighted by atomic mass is 9.96. The van der Waals surface area contributed by atoms with Crippen LogP contribution in [0, 0.1) is 5.82 Å². The molecule has 1 N–H and O–H groups in total. The first kappa shape index (κ1) is 17.7. The minimum Gasteiger partial charge on any atom is -0.497 e. The first-order valence-electron chi connectivity index (χ1n) is 8.38. The van der Waals surface area contributed by atoms with Crippen LogP contribution in [0.5, 0.6) is 5.75 Å². The minimum atomic E-state index is -0.486. The highest BCUT2D eigenvalue weighted by Gasteiger charge is 2.17. The highest BCUT2D eigenvalue weighted by molar-refractivity contribution is 5.95. The van der Waals surface area contributed by atoms with E-state index in [0.29, 0.717) is 22.6 Å². The zero-order valence-corrected chi connectivity index (χ0v) is 14.7. The van der Waals surface area contributed by atoms with Crippen LogP contribution in [0.1, 0.15) is 18.4 Å². The van der Waals surface area contributed by atoms with Gasteiger partial charge in [0.1, 0.15) is 11.6 Å². The summed E-state index contributed by atoms with van der Waals surface area (Å²) in [6.45, 7) is 1.76. The lowest BCUT2D eigenvalue weighted by molar-refractivity contribution is -0.117. The summed E-state index contributed by atoms with van der Waals surface area (Å²) in [5.74, 6) is -0.367. The Kier molecular flexibility index (Phi) is 5.32. The van der Waals surface area contributed by atoms with Gasteiger partial charge in [0.2, 0.25) is 5.91 Å². The van der Waals surface area contributed by atoms with Crippen molar-refractivity contribution in [1.82, 2.24) is 0 Å². The van der Waals surface area contributed by atoms with Crippen LogP contribution in [0.4, 0.5) is 10.1 Å². The molecule has 3 aromatic rings. The first-order chi connectivity index (χ1) is 12.6. The zero-order valence-electron chi connectivity index (χ0n) is 14.7. The second kappa shape index (κ2) is 7.83. The van der Waals surface area contributed by atoms with E-state index in [9.17, 15) is 9.18 Å². The number of methoxy groups -OCH3 is 1. The lowest BCUT2D eigenvalue weighted by Crippen LogP contribution is -2.19. The average molecular weight is 349 g/mol. The summed E-state index contributed by atoms with van der Waals surface area (Å²) >= 11 is 0. The molecule has 4 heteroatoms. The third kappa shape index (κ3) is 3.91. The van der Waals surface area contributed by atoms with Crippen molar-refractivity contribution in [2.75, 3.05) is 12.4 Å². The molecule has 1 amide bonds. The van der Waals surface area contributed by atoms with Crippen LogP contribution in [-0.4, -0.2) is 13.0 Å². The normalized spacial score (nSPS) is 11.7. The summed E-state index contributed by atoms with van der Waals surface area (Å²) in [7, 11) is 1.57. The van der Waals surface area contributed by atoms with E-state index < -0.39 is 5.92 Å². The summed E-state index contributed by atoms with van der Waals surface area (Å²) in [5, 5.41) is 2.84. The number of anilines is 1. The third-order valence-electron chi connectivity index (χ3n) is 4.31. The summed E-state index contributed by atoms with van der Waals surface area (Å²) in [4.78, 5) is 12.5. The Morgan fingerprint density at radius 3 is 2.46 bits per heavy atom. The van der Waals surface area contributed by atoms with Gasteiger partial charge in [-0.2, -0.15) is 0 Å². The number of hydrogen-bond acceptors (Lipinski definition) is 2. The van der Waals surface area contributed by atoms with Crippen molar-refractivity contribution in [2.45, 2.75) is 12.8 Å². The number of benzene rings is 3. The van der Waals surface area contributed by atoms with Gasteiger partial charge in [-0.05, 0) is 36.2 Å². The van der Waals surface area contributed by atoms with Crippen LogP contribution >= 0.6 is 0 Å². The SMILES string of the molecule is COc1cccc(NC(=O)[C@H](C)c2ccc(-c3ccccc3)c(F)c2)c1. The summed E-state index contributed by atoms with van der Waals surface area (Å²) in [5.41, 5.74) is 2.60. The summed E-state index contributed by atoms with van der Waals surface area (Å²) in [6, 6.07) is 21.4. The number of nitrogens with one attached hydrogen (secondary N) is 1. The van der Waals surface area contributed by atoms with Crippen molar-refractivity contribution in [3.8, 4) is 16.9 Å². The molecule has 0 saturated carbocycles. The van der Waals surface area contributed by atoms with Crippen molar-refractivity contribution in [3.05, 3.63) is 84.2 Å². The Morgan fingerprint density at radius 1 is 1.00 bits per heavy atom. The second-order valence-corrected chi connectivity index (χ2v) is 6.05. The molecule has 0 aliphatic heterocycles. The second-order valence-electron chi connectivity index (χ2n) is 6.05. The monoisotopic (exact) mass is 349 g/mol. The van der Waals surface area contributed by atoms with Gasteiger partial charge in [-0.1, -0.05) is 48.5 Å². The van der Waals surface area contributed by atoms with Crippen molar-refractivity contribution in [3.63, 3.8) is 0 Å². The van der Waals surface area contributed by atoms with Crippen LogP contribution in [0.25, 0.3) is 11.1 Å². The van der Waals surface area contributed by atoms with Gasteiger partial charge in [-0.25, -0.2) is 4.39 Å². The fourth-order valence-corrected chi connectivity index (χ4v) is 2.76. The predicted octanol–water partition coefficient (Wildman–Crippen LogP) is 5.24. The Balaban J connectivity index is 1.77. The van der Waals surface area contributed by atoms with Crippen molar-refractivity contribution in [2.24, 2.45) is 0 Å². The first-order valence-corrected chi connectivity index (χ1v) is 8.38. The van der Waals surface area contributed by atoms with Gasteiger partial charge in [-0.15, -0.1) is 0 Å². The molecule has 0 spiro atoms. The fourth-order valence-electron chi connectivity index (χ4n) is 2.76. The molecule has 0 heterocycles. The van der Waals surface area contributed by atoms with Gasteiger partial charge in [0.15, 0.2) is 0 Å². The van der Waals surface area contributed by atoms with E-state index in [2.05, 4.69) is 5.32 Å². The number of ether oxygens (including phenoxy) is 1. The number of rotatable bonds is 5. The maximum atomic E-state index is 14.5. The quantitative estimate of drug-likeness (QED) is 0.684. The van der Waals surface area contributed by atoms with Gasteiger partial charge >= 0.3 is 0 Å². The predicted molar refractivity (Wildman–Crippen MR) is 102 cm³/mol. The van der Waals surface area contributed by atoms with Gasteiger partial charge < -0.3 is 10.1 Å². The van der Waals surface area contributed by atoms with E-state index in [-0.39, 0.29) is 11.7 Å². The van der Waals surface area contributed by atoms with Crippen LogP contribution < -0.4 is 10.1 Å². The van der Waals surface area contributed by atoms with Gasteiger partial charge in [-0.3, -0.25) is 4.79 Å². The van der Waals surface area contributed by atoms with Gasteiger partial charge in [0.05, 0.1) is 13.0 Å². The molecule has 3 nitrogen and oxygen atoms in total. The largest absolute Gasteiger partial charge is 0.497 e. The highest BCUT2D eigenvalue weighted by atomic mass is 19.1. The molecule has 132 valence electrons. The van der Waals surface area contributed by atoms with Gasteiger partial charge in [0, 0.05) is 17.3 Å². The Hall–Kier alpha value is -3.14. The number of carbonyl (C=O) groups is 1. The standard InChI is InChI=1S/C22H20FNO2/c1-15(22(25)24-18-9-6-10-19(14-18)26-2)17-11-12-20(21(23)13-17)16-7-4-3-5-8-16/h3-15H,1-2H3,(H,24,25)/t15-/m1/s1. The molecule has 26 heavy (non-hydrogen) atoms. The molecule has 1 atom stereocenters. The maximum absolute atomic E-state index is 14.5. The molecule has 0 aromatic heterocycles. The van der Waals surface area contributed by atoms with E-state index in [0.717, 1.165) is 5.56 Å². The molecule has 0 fully saturated rings. The Morgan fingerprint density at radius 2 is 1.77 bits per heavy atom. The van der Waals surface area contributed by atoms with Crippen LogP contribution in [0.15, 0.2) is 72.8 Å². The van der Waals surface area contributed by atoms with Crippen molar-refractivity contribution in [1.29, 1.82) is 0 Å². The van der Waals surface area contributed by atoms with E-state index >= 15 is 0 Å². The number of hydrogen-bond donors (Lipinski definition) is 1. The van der Waals surface area contributed by atoms with Gasteiger partial charge in [0.25, 0.3) is 0 Å². The molecule has 0 saturated heterocycles. The Labute approximate surface area is 152 Å². The number of amides is 1. The van der Waals surface area contributed by atoms with E-state index in [1.807, 2.05) is 30.3 Å². The van der Waals surface area contributed by atoms with Crippen molar-refractivity contribution >= 4 is 11.6 Å². The highest BCUT2D eigenvalue weighted by Crippen LogP contribution is 2.27. The fraction of sp³-hybridized carbons (Fsp3) is 0.136.